The number of halogens is 3. The number of likely N-dealkylation sites (tertiary alicyclic amines) is 1. The normalized spacial score (nSPS) is 28.6. The zero-order chi connectivity index (χ0) is 23.2. The molecule has 0 unspecified atom stereocenters. The molecule has 2 aromatic rings. The molecule has 0 bridgehead atoms. The number of hydrogen-bond donors (Lipinski definition) is 2. The molecule has 2 saturated heterocycles. The van der Waals surface area contributed by atoms with Gasteiger partial charge in [-0.1, -0.05) is 11.5 Å². The van der Waals surface area contributed by atoms with Crippen LogP contribution in [0.4, 0.5) is 19.0 Å². The Labute approximate surface area is 190 Å². The number of terminal acetylenes is 1. The first-order valence-corrected chi connectivity index (χ1v) is 11.2. The van der Waals surface area contributed by atoms with Crippen molar-refractivity contribution in [3.05, 3.63) is 41.4 Å². The minimum atomic E-state index is -4.49. The van der Waals surface area contributed by atoms with Crippen LogP contribution in [0, 0.1) is 24.2 Å². The smallest absolute Gasteiger partial charge is 0.381 e. The first kappa shape index (κ1) is 22.0. The van der Waals surface area contributed by atoms with Crippen LogP contribution < -0.4 is 5.32 Å². The molecular weight excluding hydrogens is 431 g/mol. The first-order valence-electron chi connectivity index (χ1n) is 11.2. The van der Waals surface area contributed by atoms with E-state index < -0.39 is 11.9 Å². The molecule has 4 atom stereocenters. The fourth-order valence-electron chi connectivity index (χ4n) is 5.45. The first-order chi connectivity index (χ1) is 15.8. The lowest BCUT2D eigenvalue weighted by atomic mass is 9.83. The number of nitrogens with one attached hydrogen (secondary N) is 2. The van der Waals surface area contributed by atoms with Gasteiger partial charge in [-0.05, 0) is 43.6 Å². The predicted molar refractivity (Wildman–Crippen MR) is 119 cm³/mol. The highest BCUT2D eigenvalue weighted by atomic mass is 19.4. The third-order valence-corrected chi connectivity index (χ3v) is 7.15. The molecule has 6 nitrogen and oxygen atoms in total. The molecule has 5 rings (SSSR count). The van der Waals surface area contributed by atoms with Crippen molar-refractivity contribution in [3.8, 4) is 12.3 Å². The Balaban J connectivity index is 1.51. The molecule has 33 heavy (non-hydrogen) atoms. The number of allylic oxidation sites excluding steroid dienone is 2. The summed E-state index contributed by atoms with van der Waals surface area (Å²) in [6.45, 7) is 5.59. The van der Waals surface area contributed by atoms with Gasteiger partial charge in [0.05, 0.1) is 24.6 Å². The number of hydrogen-bond acceptors (Lipinski definition) is 5. The average molecular weight is 458 g/mol. The van der Waals surface area contributed by atoms with E-state index in [1.807, 2.05) is 6.08 Å². The Hall–Kier alpha value is -2.83. The summed E-state index contributed by atoms with van der Waals surface area (Å²) in [6, 6.07) is 1.08. The highest BCUT2D eigenvalue weighted by Crippen LogP contribution is 2.38. The molecule has 9 heteroatoms. The average Bonchev–Trinajstić information content (AvgIpc) is 3.48. The Bertz CT molecular complexity index is 1130. The van der Waals surface area contributed by atoms with Gasteiger partial charge >= 0.3 is 6.18 Å². The maximum Gasteiger partial charge on any atom is 0.431 e. The lowest BCUT2D eigenvalue weighted by molar-refractivity contribution is -0.140. The number of H-pyrrole nitrogens is 1. The van der Waals surface area contributed by atoms with Gasteiger partial charge in [0.15, 0.2) is 0 Å². The molecule has 4 heterocycles. The standard InChI is InChI=1S/C24H26F3N5O/c1-3-4-5-17-14(2)6-7-19(32-9-15-11-33-12-16(15)10-32)21(17)31-23-18-8-20(24(25,26)27)30-22(18)28-13-29-23/h1,4-5,8,13,15-16,19,21H,6-7,9-12H2,2H3,(H2,28,29,30,31)/b5-4-/t15-,16+,19-,21-/m0/s1. The van der Waals surface area contributed by atoms with Gasteiger partial charge < -0.3 is 15.0 Å². The summed E-state index contributed by atoms with van der Waals surface area (Å²) in [5, 5.41) is 3.80. The molecule has 1 aliphatic carbocycles. The topological polar surface area (TPSA) is 66.1 Å². The lowest BCUT2D eigenvalue weighted by Crippen LogP contribution is -2.49. The third kappa shape index (κ3) is 4.13. The summed E-state index contributed by atoms with van der Waals surface area (Å²) < 4.78 is 45.5. The molecule has 0 radical (unpaired) electrons. The van der Waals surface area contributed by atoms with Crippen molar-refractivity contribution in [1.82, 2.24) is 19.9 Å². The van der Waals surface area contributed by atoms with Crippen LogP contribution in [0.2, 0.25) is 0 Å². The maximum atomic E-state index is 13.3. The summed E-state index contributed by atoms with van der Waals surface area (Å²) in [6.07, 6.45) is 7.79. The number of rotatable bonds is 4. The van der Waals surface area contributed by atoms with Gasteiger partial charge in [0, 0.05) is 31.0 Å². The fourth-order valence-corrected chi connectivity index (χ4v) is 5.45. The Morgan fingerprint density at radius 2 is 2.03 bits per heavy atom. The number of nitrogens with zero attached hydrogens (tertiary/aromatic N) is 3. The number of aromatic nitrogens is 3. The maximum absolute atomic E-state index is 13.3. The molecule has 2 aromatic heterocycles. The molecule has 0 spiro atoms. The second-order valence-corrected chi connectivity index (χ2v) is 9.14. The number of anilines is 1. The predicted octanol–water partition coefficient (Wildman–Crippen LogP) is 4.00. The van der Waals surface area contributed by atoms with E-state index in [2.05, 4.69) is 38.0 Å². The Morgan fingerprint density at radius 3 is 2.73 bits per heavy atom. The summed E-state index contributed by atoms with van der Waals surface area (Å²) in [5.74, 6) is 4.01. The van der Waals surface area contributed by atoms with Gasteiger partial charge in [-0.3, -0.25) is 4.90 Å². The van der Waals surface area contributed by atoms with Gasteiger partial charge in [-0.25, -0.2) is 9.97 Å². The molecular formula is C24H26F3N5O. The molecule has 0 aromatic carbocycles. The van der Waals surface area contributed by atoms with Crippen molar-refractivity contribution < 1.29 is 17.9 Å². The highest BCUT2D eigenvalue weighted by Gasteiger charge is 2.43. The quantitative estimate of drug-likeness (QED) is 0.680. The summed E-state index contributed by atoms with van der Waals surface area (Å²) >= 11 is 0. The van der Waals surface area contributed by atoms with Crippen LogP contribution in [0.5, 0.6) is 0 Å². The summed E-state index contributed by atoms with van der Waals surface area (Å²) in [7, 11) is 0. The van der Waals surface area contributed by atoms with Crippen molar-refractivity contribution in [2.24, 2.45) is 11.8 Å². The minimum Gasteiger partial charge on any atom is -0.381 e. The molecule has 0 amide bonds. The van der Waals surface area contributed by atoms with E-state index in [4.69, 9.17) is 11.2 Å². The Kier molecular flexibility index (Phi) is 5.67. The van der Waals surface area contributed by atoms with Crippen molar-refractivity contribution >= 4 is 16.9 Å². The van der Waals surface area contributed by atoms with Crippen molar-refractivity contribution in [2.75, 3.05) is 31.6 Å². The highest BCUT2D eigenvalue weighted by molar-refractivity contribution is 5.88. The van der Waals surface area contributed by atoms with Crippen molar-refractivity contribution in [2.45, 2.75) is 38.0 Å². The van der Waals surface area contributed by atoms with Crippen molar-refractivity contribution in [3.63, 3.8) is 0 Å². The number of ether oxygens (including phenoxy) is 1. The van der Waals surface area contributed by atoms with Crippen LogP contribution in [0.1, 0.15) is 25.5 Å². The number of alkyl halides is 3. The zero-order valence-electron chi connectivity index (χ0n) is 18.3. The number of fused-ring (bicyclic) bond motifs is 2. The zero-order valence-corrected chi connectivity index (χ0v) is 18.3. The molecule has 3 aliphatic rings. The molecule has 0 saturated carbocycles. The van der Waals surface area contributed by atoms with Gasteiger partial charge in [0.25, 0.3) is 0 Å². The largest absolute Gasteiger partial charge is 0.431 e. The van der Waals surface area contributed by atoms with Crippen LogP contribution in [0.25, 0.3) is 11.0 Å². The van der Waals surface area contributed by atoms with Crippen molar-refractivity contribution in [1.29, 1.82) is 0 Å². The van der Waals surface area contributed by atoms with E-state index in [1.54, 1.807) is 6.08 Å². The Morgan fingerprint density at radius 1 is 1.27 bits per heavy atom. The lowest BCUT2D eigenvalue weighted by Gasteiger charge is -2.40. The third-order valence-electron chi connectivity index (χ3n) is 7.15. The van der Waals surface area contributed by atoms with Crippen LogP contribution in [-0.2, 0) is 10.9 Å². The fraction of sp³-hybridized carbons (Fsp3) is 0.500. The van der Waals surface area contributed by atoms with Crippen LogP contribution in [0.15, 0.2) is 35.7 Å². The van der Waals surface area contributed by atoms with E-state index in [0.717, 1.165) is 50.8 Å². The number of aromatic amines is 1. The summed E-state index contributed by atoms with van der Waals surface area (Å²) in [5.41, 5.74) is 1.60. The van der Waals surface area contributed by atoms with E-state index in [0.29, 0.717) is 23.0 Å². The second kappa shape index (κ2) is 8.50. The SMILES string of the molecule is C#C/C=C\C1=C(C)CC[C@H](N2C[C@H]3COC[C@H]3C2)[C@H]1Nc1ncnc2[nH]c(C(F)(F)F)cc12. The van der Waals surface area contributed by atoms with E-state index in [9.17, 15) is 13.2 Å². The molecule has 2 aliphatic heterocycles. The van der Waals surface area contributed by atoms with Crippen LogP contribution in [0.3, 0.4) is 0 Å². The molecule has 174 valence electrons. The van der Waals surface area contributed by atoms with Crippen LogP contribution in [-0.4, -0.2) is 58.2 Å². The van der Waals surface area contributed by atoms with E-state index >= 15 is 0 Å². The van der Waals surface area contributed by atoms with Crippen LogP contribution >= 0.6 is 0 Å². The molecule has 2 N–H and O–H groups in total. The molecule has 2 fully saturated rings. The van der Waals surface area contributed by atoms with Gasteiger partial charge in [0.1, 0.15) is 23.5 Å². The van der Waals surface area contributed by atoms with E-state index in [-0.39, 0.29) is 17.7 Å². The van der Waals surface area contributed by atoms with Gasteiger partial charge in [-0.15, -0.1) is 6.42 Å². The van der Waals surface area contributed by atoms with Gasteiger partial charge in [0.2, 0.25) is 0 Å². The summed E-state index contributed by atoms with van der Waals surface area (Å²) in [4.78, 5) is 13.2. The monoisotopic (exact) mass is 457 g/mol. The second-order valence-electron chi connectivity index (χ2n) is 9.14. The minimum absolute atomic E-state index is 0.154. The van der Waals surface area contributed by atoms with E-state index in [1.165, 1.54) is 11.9 Å². The van der Waals surface area contributed by atoms with Gasteiger partial charge in [-0.2, -0.15) is 13.2 Å².